The molecule has 0 bridgehead atoms. The van der Waals surface area contributed by atoms with Gasteiger partial charge in [0.05, 0.1) is 10.5 Å². The number of aromatic nitrogens is 1. The maximum atomic E-state index is 14.4. The van der Waals surface area contributed by atoms with Crippen molar-refractivity contribution in [3.8, 4) is 0 Å². The second-order valence-corrected chi connectivity index (χ2v) is 8.65. The molecule has 1 saturated heterocycles. The number of halogens is 1. The lowest BCUT2D eigenvalue weighted by atomic mass is 10.1. The number of carbonyl (C=O) groups excluding carboxylic acids is 1. The third kappa shape index (κ3) is 4.40. The molecule has 1 fully saturated rings. The molecule has 0 aliphatic carbocycles. The molecule has 156 valence electrons. The van der Waals surface area contributed by atoms with Crippen LogP contribution in [0.5, 0.6) is 0 Å². The van der Waals surface area contributed by atoms with E-state index in [1.807, 2.05) is 12.1 Å². The van der Waals surface area contributed by atoms with Crippen LogP contribution in [0.2, 0.25) is 0 Å². The minimum Gasteiger partial charge on any atom is -0.368 e. The molecule has 29 heavy (non-hydrogen) atoms. The largest absolute Gasteiger partial charge is 0.368 e. The lowest BCUT2D eigenvalue weighted by Crippen LogP contribution is -2.49. The van der Waals surface area contributed by atoms with E-state index in [9.17, 15) is 17.6 Å². The van der Waals surface area contributed by atoms with Gasteiger partial charge in [-0.1, -0.05) is 13.8 Å². The Kier molecular flexibility index (Phi) is 6.49. The summed E-state index contributed by atoms with van der Waals surface area (Å²) in [6, 6.07) is 7.22. The third-order valence-electron chi connectivity index (χ3n) is 5.11. The van der Waals surface area contributed by atoms with Crippen molar-refractivity contribution in [1.29, 1.82) is 0 Å². The molecule has 1 aliphatic heterocycles. The monoisotopic (exact) mass is 420 g/mol. The van der Waals surface area contributed by atoms with Gasteiger partial charge in [0.2, 0.25) is 10.0 Å². The summed E-state index contributed by atoms with van der Waals surface area (Å²) in [6.07, 6.45) is 3.42. The number of nitrogens with zero attached hydrogens (tertiary/aromatic N) is 4. The molecule has 1 amide bonds. The van der Waals surface area contributed by atoms with E-state index in [2.05, 4.69) is 9.88 Å². The zero-order chi connectivity index (χ0) is 21.0. The molecule has 2 heterocycles. The minimum atomic E-state index is -3.77. The number of hydrogen-bond donors (Lipinski definition) is 0. The molecule has 0 spiro atoms. The Morgan fingerprint density at radius 1 is 1.07 bits per heavy atom. The van der Waals surface area contributed by atoms with Crippen LogP contribution in [0.3, 0.4) is 0 Å². The van der Waals surface area contributed by atoms with Crippen molar-refractivity contribution in [1.82, 2.24) is 14.2 Å². The number of carbonyl (C=O) groups is 1. The fourth-order valence-corrected chi connectivity index (χ4v) is 4.92. The van der Waals surface area contributed by atoms with Crippen LogP contribution in [-0.2, 0) is 10.0 Å². The molecule has 1 aromatic carbocycles. The van der Waals surface area contributed by atoms with Crippen LogP contribution in [0.1, 0.15) is 24.2 Å². The quantitative estimate of drug-likeness (QED) is 0.716. The van der Waals surface area contributed by atoms with E-state index in [0.717, 1.165) is 17.8 Å². The fourth-order valence-electron chi connectivity index (χ4n) is 3.43. The van der Waals surface area contributed by atoms with Crippen LogP contribution in [0.15, 0.2) is 47.6 Å². The summed E-state index contributed by atoms with van der Waals surface area (Å²) < 4.78 is 41.1. The predicted octanol–water partition coefficient (Wildman–Crippen LogP) is 2.21. The fraction of sp³-hybridized carbons (Fsp3) is 0.400. The predicted molar refractivity (Wildman–Crippen MR) is 109 cm³/mol. The zero-order valence-electron chi connectivity index (χ0n) is 16.6. The average Bonchev–Trinajstić information content (AvgIpc) is 2.75. The lowest BCUT2D eigenvalue weighted by molar-refractivity contribution is 0.0741. The van der Waals surface area contributed by atoms with Crippen LogP contribution in [0.4, 0.5) is 10.1 Å². The Labute approximate surface area is 170 Å². The second kappa shape index (κ2) is 8.87. The number of sulfonamides is 1. The topological polar surface area (TPSA) is 73.8 Å². The smallest absolute Gasteiger partial charge is 0.256 e. The van der Waals surface area contributed by atoms with Gasteiger partial charge in [-0.25, -0.2) is 12.8 Å². The third-order valence-corrected chi connectivity index (χ3v) is 7.15. The molecule has 2 aromatic rings. The van der Waals surface area contributed by atoms with Crippen LogP contribution in [0, 0.1) is 5.82 Å². The Morgan fingerprint density at radius 2 is 1.69 bits per heavy atom. The van der Waals surface area contributed by atoms with E-state index in [-0.39, 0.29) is 10.5 Å². The molecular weight excluding hydrogens is 395 g/mol. The normalized spacial score (nSPS) is 15.0. The number of benzene rings is 1. The molecule has 0 N–H and O–H groups in total. The molecule has 7 nitrogen and oxygen atoms in total. The van der Waals surface area contributed by atoms with E-state index < -0.39 is 21.7 Å². The van der Waals surface area contributed by atoms with Gasteiger partial charge in [0.25, 0.3) is 5.91 Å². The molecule has 9 heteroatoms. The van der Waals surface area contributed by atoms with Crippen molar-refractivity contribution < 1.29 is 17.6 Å². The maximum Gasteiger partial charge on any atom is 0.256 e. The van der Waals surface area contributed by atoms with Crippen molar-refractivity contribution >= 4 is 21.6 Å². The minimum absolute atomic E-state index is 0.0682. The second-order valence-electron chi connectivity index (χ2n) is 6.72. The van der Waals surface area contributed by atoms with Crippen molar-refractivity contribution in [3.63, 3.8) is 0 Å². The van der Waals surface area contributed by atoms with Gasteiger partial charge in [0.1, 0.15) is 5.82 Å². The summed E-state index contributed by atoms with van der Waals surface area (Å²) >= 11 is 0. The first-order valence-electron chi connectivity index (χ1n) is 9.62. The lowest BCUT2D eigenvalue weighted by Gasteiger charge is -2.36. The van der Waals surface area contributed by atoms with E-state index in [1.165, 1.54) is 10.4 Å². The van der Waals surface area contributed by atoms with Gasteiger partial charge in [0, 0.05) is 57.3 Å². The van der Waals surface area contributed by atoms with E-state index in [0.29, 0.717) is 39.3 Å². The first-order chi connectivity index (χ1) is 13.9. The SMILES string of the molecule is CCN(CC)S(=O)(=O)c1ccc(F)c(C(=O)N2CCN(c3ccncc3)CC2)c1. The summed E-state index contributed by atoms with van der Waals surface area (Å²) in [4.78, 5) is 20.5. The van der Waals surface area contributed by atoms with Gasteiger partial charge in [-0.05, 0) is 30.3 Å². The maximum absolute atomic E-state index is 14.4. The summed E-state index contributed by atoms with van der Waals surface area (Å²) in [7, 11) is -3.77. The van der Waals surface area contributed by atoms with Gasteiger partial charge in [-0.3, -0.25) is 9.78 Å². The first-order valence-corrected chi connectivity index (χ1v) is 11.1. The molecule has 1 aliphatic rings. The highest BCUT2D eigenvalue weighted by Crippen LogP contribution is 2.22. The standard InChI is InChI=1S/C20H25FN4O3S/c1-3-25(4-2)29(27,28)17-5-6-19(21)18(15-17)20(26)24-13-11-23(12-14-24)16-7-9-22-10-8-16/h5-10,15H,3-4,11-14H2,1-2H3. The van der Waals surface area contributed by atoms with Gasteiger partial charge in [-0.15, -0.1) is 0 Å². The zero-order valence-corrected chi connectivity index (χ0v) is 17.4. The highest BCUT2D eigenvalue weighted by Gasteiger charge is 2.28. The molecule has 0 atom stereocenters. The highest BCUT2D eigenvalue weighted by atomic mass is 32.2. The van der Waals surface area contributed by atoms with Crippen molar-refractivity contribution in [2.24, 2.45) is 0 Å². The summed E-state index contributed by atoms with van der Waals surface area (Å²) in [5, 5.41) is 0. The molecule has 0 unspecified atom stereocenters. The van der Waals surface area contributed by atoms with Crippen molar-refractivity contribution in [2.45, 2.75) is 18.7 Å². The average molecular weight is 421 g/mol. The highest BCUT2D eigenvalue weighted by molar-refractivity contribution is 7.89. The Hall–Kier alpha value is -2.52. The van der Waals surface area contributed by atoms with Crippen LogP contribution < -0.4 is 4.90 Å². The number of anilines is 1. The number of pyridine rings is 1. The van der Waals surface area contributed by atoms with E-state index in [4.69, 9.17) is 0 Å². The Bertz CT molecular complexity index is 957. The summed E-state index contributed by atoms with van der Waals surface area (Å²) in [6.45, 7) is 6.13. The van der Waals surface area contributed by atoms with Gasteiger partial charge in [0.15, 0.2) is 0 Å². The molecule has 1 aromatic heterocycles. The van der Waals surface area contributed by atoms with E-state index in [1.54, 1.807) is 31.1 Å². The molecule has 0 saturated carbocycles. The Morgan fingerprint density at radius 3 is 2.28 bits per heavy atom. The van der Waals surface area contributed by atoms with Crippen LogP contribution in [-0.4, -0.2) is 67.8 Å². The van der Waals surface area contributed by atoms with Gasteiger partial charge < -0.3 is 9.80 Å². The van der Waals surface area contributed by atoms with Crippen molar-refractivity contribution in [3.05, 3.63) is 54.1 Å². The summed E-state index contributed by atoms with van der Waals surface area (Å²) in [5.41, 5.74) is 0.807. The molecule has 0 radical (unpaired) electrons. The number of hydrogen-bond acceptors (Lipinski definition) is 5. The van der Waals surface area contributed by atoms with Gasteiger partial charge in [-0.2, -0.15) is 4.31 Å². The number of piperazine rings is 1. The van der Waals surface area contributed by atoms with Gasteiger partial charge >= 0.3 is 0 Å². The van der Waals surface area contributed by atoms with Crippen molar-refractivity contribution in [2.75, 3.05) is 44.2 Å². The number of amides is 1. The first kappa shape index (κ1) is 21.2. The molecular formula is C20H25FN4O3S. The van der Waals surface area contributed by atoms with E-state index >= 15 is 0 Å². The number of rotatable bonds is 6. The Balaban J connectivity index is 1.78. The van der Waals surface area contributed by atoms with Crippen LogP contribution >= 0.6 is 0 Å². The molecule has 3 rings (SSSR count). The van der Waals surface area contributed by atoms with Crippen LogP contribution in [0.25, 0.3) is 0 Å². The summed E-state index contributed by atoms with van der Waals surface area (Å²) in [5.74, 6) is -1.21.